The first-order valence-electron chi connectivity index (χ1n) is 7.00. The number of carbonyl (C=O) groups excluding carboxylic acids is 1. The Bertz CT molecular complexity index is 682. The highest BCUT2D eigenvalue weighted by Gasteiger charge is 2.26. The van der Waals surface area contributed by atoms with Gasteiger partial charge in [-0.15, -0.1) is 0 Å². The van der Waals surface area contributed by atoms with E-state index in [2.05, 4.69) is 10.6 Å². The van der Waals surface area contributed by atoms with Gasteiger partial charge >= 0.3 is 0 Å². The molecule has 21 heavy (non-hydrogen) atoms. The van der Waals surface area contributed by atoms with E-state index in [0.717, 1.165) is 22.6 Å². The number of para-hydroxylation sites is 1. The van der Waals surface area contributed by atoms with Crippen LogP contribution in [0.2, 0.25) is 0 Å². The molecular weight excluding hydrogens is 264 g/mol. The second-order valence-electron chi connectivity index (χ2n) is 5.17. The molecule has 1 aliphatic heterocycles. The SMILES string of the molecule is CNc1ccc(C)cc1C(=O)NC1COc2ccccc21. The largest absolute Gasteiger partial charge is 0.491 e. The molecular formula is C17H18N2O2. The lowest BCUT2D eigenvalue weighted by molar-refractivity contribution is 0.0931. The lowest BCUT2D eigenvalue weighted by Gasteiger charge is -2.14. The molecule has 4 nitrogen and oxygen atoms in total. The van der Waals surface area contributed by atoms with Crippen LogP contribution in [0.1, 0.15) is 27.5 Å². The number of nitrogens with one attached hydrogen (secondary N) is 2. The molecule has 0 radical (unpaired) electrons. The topological polar surface area (TPSA) is 50.4 Å². The quantitative estimate of drug-likeness (QED) is 0.910. The summed E-state index contributed by atoms with van der Waals surface area (Å²) in [6.45, 7) is 2.45. The van der Waals surface area contributed by atoms with Crippen LogP contribution in [-0.4, -0.2) is 19.6 Å². The van der Waals surface area contributed by atoms with Crippen molar-refractivity contribution in [3.63, 3.8) is 0 Å². The summed E-state index contributed by atoms with van der Waals surface area (Å²) in [7, 11) is 1.81. The number of anilines is 1. The molecule has 3 rings (SSSR count). The first-order valence-corrected chi connectivity index (χ1v) is 7.00. The van der Waals surface area contributed by atoms with E-state index in [4.69, 9.17) is 4.74 Å². The number of benzene rings is 2. The van der Waals surface area contributed by atoms with Crippen molar-refractivity contribution in [1.82, 2.24) is 5.32 Å². The smallest absolute Gasteiger partial charge is 0.253 e. The van der Waals surface area contributed by atoms with E-state index < -0.39 is 0 Å². The van der Waals surface area contributed by atoms with Gasteiger partial charge in [-0.2, -0.15) is 0 Å². The first kappa shape index (κ1) is 13.5. The standard InChI is InChI=1S/C17H18N2O2/c1-11-7-8-14(18-2)13(9-11)17(20)19-15-10-21-16-6-4-3-5-12(15)16/h3-9,15,18H,10H2,1-2H3,(H,19,20). The first-order chi connectivity index (χ1) is 10.2. The normalized spacial score (nSPS) is 16.0. The average molecular weight is 282 g/mol. The van der Waals surface area contributed by atoms with Crippen molar-refractivity contribution in [3.05, 3.63) is 59.2 Å². The molecule has 108 valence electrons. The summed E-state index contributed by atoms with van der Waals surface area (Å²) in [6.07, 6.45) is 0. The summed E-state index contributed by atoms with van der Waals surface area (Å²) in [5.74, 6) is 0.759. The summed E-state index contributed by atoms with van der Waals surface area (Å²) in [5.41, 5.74) is 3.57. The van der Waals surface area contributed by atoms with Crippen LogP contribution in [0, 0.1) is 6.92 Å². The molecule has 1 unspecified atom stereocenters. The van der Waals surface area contributed by atoms with Gasteiger partial charge < -0.3 is 15.4 Å². The van der Waals surface area contributed by atoms with E-state index in [1.807, 2.05) is 56.4 Å². The predicted octanol–water partition coefficient (Wildman–Crippen LogP) is 2.90. The van der Waals surface area contributed by atoms with Gasteiger partial charge in [-0.1, -0.05) is 29.8 Å². The fraction of sp³-hybridized carbons (Fsp3) is 0.235. The Morgan fingerprint density at radius 3 is 2.86 bits per heavy atom. The van der Waals surface area contributed by atoms with E-state index >= 15 is 0 Å². The van der Waals surface area contributed by atoms with Gasteiger partial charge in [0.1, 0.15) is 12.4 Å². The molecule has 0 saturated heterocycles. The zero-order valence-electron chi connectivity index (χ0n) is 12.1. The molecule has 1 aliphatic rings. The Balaban J connectivity index is 1.83. The van der Waals surface area contributed by atoms with E-state index in [9.17, 15) is 4.79 Å². The van der Waals surface area contributed by atoms with Gasteiger partial charge in [-0.3, -0.25) is 4.79 Å². The van der Waals surface area contributed by atoms with Crippen molar-refractivity contribution in [1.29, 1.82) is 0 Å². The van der Waals surface area contributed by atoms with Crippen LogP contribution in [-0.2, 0) is 0 Å². The van der Waals surface area contributed by atoms with Crippen molar-refractivity contribution in [2.45, 2.75) is 13.0 Å². The molecule has 2 N–H and O–H groups in total. The van der Waals surface area contributed by atoms with Gasteiger partial charge in [-0.05, 0) is 25.1 Å². The van der Waals surface area contributed by atoms with E-state index in [-0.39, 0.29) is 11.9 Å². The molecule has 1 atom stereocenters. The van der Waals surface area contributed by atoms with Crippen molar-refractivity contribution in [2.75, 3.05) is 19.0 Å². The highest BCUT2D eigenvalue weighted by molar-refractivity contribution is 6.00. The van der Waals surface area contributed by atoms with E-state index in [1.165, 1.54) is 0 Å². The maximum Gasteiger partial charge on any atom is 0.253 e. The third-order valence-electron chi connectivity index (χ3n) is 3.69. The molecule has 0 aliphatic carbocycles. The van der Waals surface area contributed by atoms with Gasteiger partial charge in [0.05, 0.1) is 11.6 Å². The third kappa shape index (κ3) is 2.57. The molecule has 0 aromatic heterocycles. The van der Waals surface area contributed by atoms with Gasteiger partial charge in [0.2, 0.25) is 0 Å². The molecule has 4 heteroatoms. The molecule has 0 spiro atoms. The predicted molar refractivity (Wildman–Crippen MR) is 82.9 cm³/mol. The lowest BCUT2D eigenvalue weighted by atomic mass is 10.1. The van der Waals surface area contributed by atoms with Crippen molar-refractivity contribution < 1.29 is 9.53 Å². The Kier molecular flexibility index (Phi) is 3.52. The zero-order valence-corrected chi connectivity index (χ0v) is 12.1. The van der Waals surface area contributed by atoms with Crippen LogP contribution in [0.4, 0.5) is 5.69 Å². The fourth-order valence-electron chi connectivity index (χ4n) is 2.58. The Morgan fingerprint density at radius 2 is 2.05 bits per heavy atom. The van der Waals surface area contributed by atoms with Crippen LogP contribution >= 0.6 is 0 Å². The van der Waals surface area contributed by atoms with Crippen LogP contribution < -0.4 is 15.4 Å². The minimum Gasteiger partial charge on any atom is -0.491 e. The van der Waals surface area contributed by atoms with Crippen molar-refractivity contribution in [3.8, 4) is 5.75 Å². The van der Waals surface area contributed by atoms with Crippen LogP contribution in [0.25, 0.3) is 0 Å². The van der Waals surface area contributed by atoms with Crippen molar-refractivity contribution >= 4 is 11.6 Å². The van der Waals surface area contributed by atoms with Crippen LogP contribution in [0.5, 0.6) is 5.75 Å². The Labute approximate surface area is 124 Å². The number of hydrogen-bond acceptors (Lipinski definition) is 3. The number of ether oxygens (including phenoxy) is 1. The number of carbonyl (C=O) groups is 1. The highest BCUT2D eigenvalue weighted by Crippen LogP contribution is 2.32. The van der Waals surface area contributed by atoms with Gasteiger partial charge in [-0.25, -0.2) is 0 Å². The molecule has 0 fully saturated rings. The second kappa shape index (κ2) is 5.48. The molecule has 2 aromatic rings. The summed E-state index contributed by atoms with van der Waals surface area (Å²) in [6, 6.07) is 13.5. The van der Waals surface area contributed by atoms with E-state index in [1.54, 1.807) is 0 Å². The maximum atomic E-state index is 12.5. The second-order valence-corrected chi connectivity index (χ2v) is 5.17. The highest BCUT2D eigenvalue weighted by atomic mass is 16.5. The van der Waals surface area contributed by atoms with Gasteiger partial charge in [0.15, 0.2) is 0 Å². The molecule has 2 aromatic carbocycles. The third-order valence-corrected chi connectivity index (χ3v) is 3.69. The van der Waals surface area contributed by atoms with E-state index in [0.29, 0.717) is 12.2 Å². The molecule has 1 amide bonds. The Hall–Kier alpha value is -2.49. The summed E-state index contributed by atoms with van der Waals surface area (Å²) in [5, 5.41) is 6.11. The average Bonchev–Trinajstić information content (AvgIpc) is 2.90. The van der Waals surface area contributed by atoms with Crippen LogP contribution in [0.15, 0.2) is 42.5 Å². The summed E-state index contributed by atoms with van der Waals surface area (Å²) >= 11 is 0. The monoisotopic (exact) mass is 282 g/mol. The Morgan fingerprint density at radius 1 is 1.24 bits per heavy atom. The van der Waals surface area contributed by atoms with Crippen LogP contribution in [0.3, 0.4) is 0 Å². The number of amides is 1. The maximum absolute atomic E-state index is 12.5. The number of aryl methyl sites for hydroxylation is 1. The number of rotatable bonds is 3. The fourth-order valence-corrected chi connectivity index (χ4v) is 2.58. The minimum absolute atomic E-state index is 0.0895. The van der Waals surface area contributed by atoms with Crippen molar-refractivity contribution in [2.24, 2.45) is 0 Å². The number of hydrogen-bond donors (Lipinski definition) is 2. The van der Waals surface area contributed by atoms with Gasteiger partial charge in [0.25, 0.3) is 5.91 Å². The summed E-state index contributed by atoms with van der Waals surface area (Å²) in [4.78, 5) is 12.5. The summed E-state index contributed by atoms with van der Waals surface area (Å²) < 4.78 is 5.60. The van der Waals surface area contributed by atoms with Gasteiger partial charge in [0, 0.05) is 18.3 Å². The lowest BCUT2D eigenvalue weighted by Crippen LogP contribution is -2.30. The molecule has 0 bridgehead atoms. The minimum atomic E-state index is -0.0982. The molecule has 1 heterocycles. The number of fused-ring (bicyclic) bond motifs is 1. The zero-order chi connectivity index (χ0) is 14.8. The molecule has 0 saturated carbocycles.